The average molecular weight is 740 g/mol. The maximum Gasteiger partial charge on any atom is 0.150 e. The van der Waals surface area contributed by atoms with Gasteiger partial charge in [-0.05, 0) is 84.6 Å². The second-order valence-electron chi connectivity index (χ2n) is 13.9. The third-order valence-corrected chi connectivity index (χ3v) is 11.0. The minimum Gasteiger partial charge on any atom is -0.494 e. The molecule has 0 fully saturated rings. The summed E-state index contributed by atoms with van der Waals surface area (Å²) in [6, 6.07) is 33.2. The van der Waals surface area contributed by atoms with Gasteiger partial charge in [0.25, 0.3) is 0 Å². The number of carbonyl (C=O) groups excluding carboxylic acids is 1. The van der Waals surface area contributed by atoms with E-state index >= 15 is 0 Å². The van der Waals surface area contributed by atoms with Crippen LogP contribution in [0, 0.1) is 0 Å². The summed E-state index contributed by atoms with van der Waals surface area (Å²) < 4.78 is 12.3. The molecule has 0 aliphatic heterocycles. The predicted octanol–water partition coefficient (Wildman–Crippen LogP) is 13.8. The van der Waals surface area contributed by atoms with E-state index < -0.39 is 0 Å². The molecule has 2 heterocycles. The van der Waals surface area contributed by atoms with Crippen molar-refractivity contribution in [1.29, 1.82) is 0 Å². The van der Waals surface area contributed by atoms with E-state index in [0.29, 0.717) is 5.56 Å². The summed E-state index contributed by atoms with van der Waals surface area (Å²) in [4.78, 5) is 25.1. The molecule has 2 aromatic heterocycles. The number of anilines is 3. The molecule has 7 heteroatoms. The van der Waals surface area contributed by atoms with Crippen LogP contribution in [0.2, 0.25) is 0 Å². The minimum absolute atomic E-state index is 0.650. The van der Waals surface area contributed by atoms with E-state index in [9.17, 15) is 4.79 Å². The first-order valence-electron chi connectivity index (χ1n) is 19.8. The molecule has 0 saturated heterocycles. The fraction of sp³-hybridized carbons (Fsp3) is 0.340. The van der Waals surface area contributed by atoms with Gasteiger partial charge in [-0.15, -0.1) is 11.3 Å². The number of thiophene rings is 1. The van der Waals surface area contributed by atoms with Crippen molar-refractivity contribution in [3.05, 3.63) is 115 Å². The highest BCUT2D eigenvalue weighted by Crippen LogP contribution is 2.43. The van der Waals surface area contributed by atoms with E-state index in [-0.39, 0.29) is 0 Å². The maximum atomic E-state index is 11.3. The van der Waals surface area contributed by atoms with E-state index in [0.717, 1.165) is 92.8 Å². The fourth-order valence-electron chi connectivity index (χ4n) is 6.71. The van der Waals surface area contributed by atoms with Crippen molar-refractivity contribution in [1.82, 2.24) is 9.97 Å². The highest BCUT2D eigenvalue weighted by molar-refractivity contribution is 7.20. The number of carbonyl (C=O) groups is 1. The predicted molar refractivity (Wildman–Crippen MR) is 226 cm³/mol. The number of ether oxygens (including phenoxy) is 2. The van der Waals surface area contributed by atoms with Crippen LogP contribution in [0.3, 0.4) is 0 Å². The van der Waals surface area contributed by atoms with Crippen LogP contribution < -0.4 is 14.4 Å². The summed E-state index contributed by atoms with van der Waals surface area (Å²) in [5.74, 6) is 1.78. The minimum atomic E-state index is 0.650. The fourth-order valence-corrected chi connectivity index (χ4v) is 7.91. The molecule has 0 atom stereocenters. The molecule has 4 aromatic carbocycles. The number of unbranched alkanes of at least 4 members (excludes halogenated alkanes) is 10. The SMILES string of the molecule is CCCCCCCCOc1ccc(N(c2ccc(OCCCCCCCC)cc2)c2ccc(-c3sc(-c4ccc(C=O)cc4)c4nccnc34)cc2)cc1. The van der Waals surface area contributed by atoms with Crippen molar-refractivity contribution in [2.75, 3.05) is 18.1 Å². The molecule has 54 heavy (non-hydrogen) atoms. The van der Waals surface area contributed by atoms with Gasteiger partial charge in [-0.1, -0.05) is 114 Å². The third-order valence-electron chi connectivity index (χ3n) is 9.75. The summed E-state index contributed by atoms with van der Waals surface area (Å²) in [5.41, 5.74) is 7.60. The van der Waals surface area contributed by atoms with Crippen LogP contribution >= 0.6 is 11.3 Å². The zero-order valence-corrected chi connectivity index (χ0v) is 32.7. The van der Waals surface area contributed by atoms with Gasteiger partial charge in [-0.2, -0.15) is 0 Å². The Morgan fingerprint density at radius 2 is 0.907 bits per heavy atom. The molecule has 0 aliphatic rings. The Kier molecular flexibility index (Phi) is 14.7. The largest absolute Gasteiger partial charge is 0.494 e. The molecule has 0 spiro atoms. The van der Waals surface area contributed by atoms with Crippen LogP contribution in [0.25, 0.3) is 31.9 Å². The first kappa shape index (κ1) is 38.7. The molecule has 0 amide bonds. The van der Waals surface area contributed by atoms with Crippen molar-refractivity contribution in [2.45, 2.75) is 90.9 Å². The first-order valence-corrected chi connectivity index (χ1v) is 20.7. The third kappa shape index (κ3) is 10.4. The van der Waals surface area contributed by atoms with Crippen LogP contribution in [-0.2, 0) is 0 Å². The molecule has 0 saturated carbocycles. The Bertz CT molecular complexity index is 1940. The standard InChI is InChI=1S/C47H53N3O3S/c1-3-5-7-9-11-13-33-52-42-27-23-40(24-28-42)50(41-25-29-43(30-26-41)53-34-14-12-10-8-6-4-2)39-21-19-38(20-22-39)47-45-44(48-31-32-49-45)46(54-47)37-17-15-36(35-51)16-18-37/h15-32,35H,3-14,33-34H2,1-2H3. The molecule has 280 valence electrons. The first-order chi connectivity index (χ1) is 26.7. The van der Waals surface area contributed by atoms with E-state index in [4.69, 9.17) is 19.4 Å². The number of nitrogens with zero attached hydrogens (tertiary/aromatic N) is 3. The maximum absolute atomic E-state index is 11.3. The number of hydrogen-bond donors (Lipinski definition) is 0. The molecule has 0 unspecified atom stereocenters. The van der Waals surface area contributed by atoms with Crippen LogP contribution in [0.4, 0.5) is 17.1 Å². The van der Waals surface area contributed by atoms with E-state index in [2.05, 4.69) is 91.5 Å². The van der Waals surface area contributed by atoms with Crippen molar-refractivity contribution >= 4 is 45.7 Å². The molecule has 6 aromatic rings. The zero-order valence-electron chi connectivity index (χ0n) is 31.8. The Labute approximate surface area is 325 Å². The molecular formula is C47H53N3O3S. The molecule has 6 nitrogen and oxygen atoms in total. The van der Waals surface area contributed by atoms with Crippen molar-refractivity contribution in [3.8, 4) is 32.4 Å². The Morgan fingerprint density at radius 3 is 1.33 bits per heavy atom. The number of rotatable bonds is 22. The van der Waals surface area contributed by atoms with Gasteiger partial charge >= 0.3 is 0 Å². The van der Waals surface area contributed by atoms with Crippen molar-refractivity contribution < 1.29 is 14.3 Å². The number of aromatic nitrogens is 2. The van der Waals surface area contributed by atoms with Gasteiger partial charge in [0.05, 0.1) is 23.0 Å². The van der Waals surface area contributed by atoms with E-state index in [1.54, 1.807) is 23.7 Å². The number of benzene rings is 4. The van der Waals surface area contributed by atoms with Gasteiger partial charge in [0, 0.05) is 35.0 Å². The highest BCUT2D eigenvalue weighted by atomic mass is 32.1. The second kappa shape index (κ2) is 20.4. The van der Waals surface area contributed by atoms with E-state index in [1.165, 1.54) is 64.2 Å². The van der Waals surface area contributed by atoms with Crippen LogP contribution in [0.1, 0.15) is 101 Å². The summed E-state index contributed by atoms with van der Waals surface area (Å²) in [6.45, 7) is 5.98. The average Bonchev–Trinajstić information content (AvgIpc) is 3.61. The van der Waals surface area contributed by atoms with Gasteiger partial charge in [0.15, 0.2) is 0 Å². The molecular weight excluding hydrogens is 687 g/mol. The number of aldehydes is 1. The van der Waals surface area contributed by atoms with Gasteiger partial charge < -0.3 is 14.4 Å². The highest BCUT2D eigenvalue weighted by Gasteiger charge is 2.18. The lowest BCUT2D eigenvalue weighted by Gasteiger charge is -2.26. The molecule has 0 aliphatic carbocycles. The Morgan fingerprint density at radius 1 is 0.519 bits per heavy atom. The topological polar surface area (TPSA) is 64.6 Å². The monoisotopic (exact) mass is 739 g/mol. The van der Waals surface area contributed by atoms with E-state index in [1.807, 2.05) is 24.3 Å². The summed E-state index contributed by atoms with van der Waals surface area (Å²) in [5, 5.41) is 0. The van der Waals surface area contributed by atoms with Crippen LogP contribution in [0.15, 0.2) is 109 Å². The Balaban J connectivity index is 1.22. The van der Waals surface area contributed by atoms with Crippen molar-refractivity contribution in [2.24, 2.45) is 0 Å². The second-order valence-corrected chi connectivity index (χ2v) is 14.9. The lowest BCUT2D eigenvalue weighted by atomic mass is 10.1. The molecule has 0 bridgehead atoms. The summed E-state index contributed by atoms with van der Waals surface area (Å²) in [7, 11) is 0. The van der Waals surface area contributed by atoms with Crippen molar-refractivity contribution in [3.63, 3.8) is 0 Å². The van der Waals surface area contributed by atoms with Crippen LogP contribution in [-0.4, -0.2) is 29.5 Å². The van der Waals surface area contributed by atoms with Gasteiger partial charge in [0.2, 0.25) is 0 Å². The smallest absolute Gasteiger partial charge is 0.150 e. The quantitative estimate of drug-likeness (QED) is 0.0510. The number of fused-ring (bicyclic) bond motifs is 1. The van der Waals surface area contributed by atoms with Crippen LogP contribution in [0.5, 0.6) is 11.5 Å². The Hall–Kier alpha value is -5.01. The number of hydrogen-bond acceptors (Lipinski definition) is 7. The zero-order chi connectivity index (χ0) is 37.4. The normalized spacial score (nSPS) is 11.1. The lowest BCUT2D eigenvalue weighted by molar-refractivity contribution is 0.112. The summed E-state index contributed by atoms with van der Waals surface area (Å²) in [6.07, 6.45) is 19.3. The molecule has 6 rings (SSSR count). The summed E-state index contributed by atoms with van der Waals surface area (Å²) >= 11 is 1.67. The lowest BCUT2D eigenvalue weighted by Crippen LogP contribution is -2.10. The van der Waals surface area contributed by atoms with Gasteiger partial charge in [-0.25, -0.2) is 0 Å². The molecule has 0 N–H and O–H groups in total. The van der Waals surface area contributed by atoms with Gasteiger partial charge in [0.1, 0.15) is 28.8 Å². The van der Waals surface area contributed by atoms with Gasteiger partial charge in [-0.3, -0.25) is 14.8 Å². The molecule has 0 radical (unpaired) electrons.